The third-order valence-corrected chi connectivity index (χ3v) is 3.18. The molecule has 0 aliphatic heterocycles. The van der Waals surface area contributed by atoms with Gasteiger partial charge in [-0.2, -0.15) is 0 Å². The maximum Gasteiger partial charge on any atom is 0.260 e. The fourth-order valence-electron chi connectivity index (χ4n) is 1.97. The Morgan fingerprint density at radius 3 is 2.65 bits per heavy atom. The van der Waals surface area contributed by atoms with Crippen LogP contribution in [0.4, 0.5) is 11.4 Å². The molecule has 2 aromatic rings. The fourth-order valence-corrected chi connectivity index (χ4v) is 1.97. The second-order valence-corrected chi connectivity index (χ2v) is 4.66. The lowest BCUT2D eigenvalue weighted by atomic mass is 10.1. The number of ether oxygens (including phenoxy) is 1. The summed E-state index contributed by atoms with van der Waals surface area (Å²) in [5.41, 5.74) is 8.64. The maximum atomic E-state index is 12.5. The zero-order chi connectivity index (χ0) is 14.7. The molecule has 0 bridgehead atoms. The number of nitrogen functional groups attached to an aromatic ring is 1. The standard InChI is InChI=1S/C16H18N2O2/c1-11-7-8-15(17)14(9-11)16(19)18(2)12-5-4-6-13(10-12)20-3/h4-10H,17H2,1-3H3. The number of aryl methyl sites for hydroxylation is 1. The van der Waals surface area contributed by atoms with Crippen molar-refractivity contribution in [1.29, 1.82) is 0 Å². The van der Waals surface area contributed by atoms with E-state index >= 15 is 0 Å². The lowest BCUT2D eigenvalue weighted by molar-refractivity contribution is 0.0994. The van der Waals surface area contributed by atoms with E-state index in [0.717, 1.165) is 11.3 Å². The molecule has 104 valence electrons. The van der Waals surface area contributed by atoms with E-state index in [1.807, 2.05) is 37.3 Å². The molecule has 0 unspecified atom stereocenters. The summed E-state index contributed by atoms with van der Waals surface area (Å²) in [4.78, 5) is 14.1. The Labute approximate surface area is 118 Å². The van der Waals surface area contributed by atoms with Crippen molar-refractivity contribution in [2.75, 3.05) is 24.8 Å². The molecule has 4 nitrogen and oxygen atoms in total. The predicted molar refractivity (Wildman–Crippen MR) is 81.3 cm³/mol. The van der Waals surface area contributed by atoms with E-state index in [-0.39, 0.29) is 5.91 Å². The number of benzene rings is 2. The molecular formula is C16H18N2O2. The molecule has 2 rings (SSSR count). The molecule has 0 heterocycles. The number of carbonyl (C=O) groups excluding carboxylic acids is 1. The summed E-state index contributed by atoms with van der Waals surface area (Å²) in [6.07, 6.45) is 0. The summed E-state index contributed by atoms with van der Waals surface area (Å²) in [5, 5.41) is 0. The predicted octanol–water partition coefficient (Wildman–Crippen LogP) is 2.86. The molecule has 0 fully saturated rings. The van der Waals surface area contributed by atoms with Gasteiger partial charge in [0.2, 0.25) is 0 Å². The van der Waals surface area contributed by atoms with Gasteiger partial charge in [-0.05, 0) is 31.2 Å². The Kier molecular flexibility index (Phi) is 3.94. The number of anilines is 2. The molecule has 20 heavy (non-hydrogen) atoms. The number of hydrogen-bond acceptors (Lipinski definition) is 3. The fraction of sp³-hybridized carbons (Fsp3) is 0.188. The number of hydrogen-bond donors (Lipinski definition) is 1. The van der Waals surface area contributed by atoms with Crippen LogP contribution in [-0.4, -0.2) is 20.1 Å². The van der Waals surface area contributed by atoms with Crippen molar-refractivity contribution in [2.45, 2.75) is 6.92 Å². The first-order valence-electron chi connectivity index (χ1n) is 6.31. The van der Waals surface area contributed by atoms with E-state index in [4.69, 9.17) is 10.5 Å². The number of nitrogens with zero attached hydrogens (tertiary/aromatic N) is 1. The third kappa shape index (κ3) is 2.74. The van der Waals surface area contributed by atoms with Crippen LogP contribution in [0.3, 0.4) is 0 Å². The van der Waals surface area contributed by atoms with Gasteiger partial charge in [-0.25, -0.2) is 0 Å². The summed E-state index contributed by atoms with van der Waals surface area (Å²) >= 11 is 0. The molecule has 4 heteroatoms. The second kappa shape index (κ2) is 5.65. The average Bonchev–Trinajstić information content (AvgIpc) is 2.48. The van der Waals surface area contributed by atoms with Crippen LogP contribution in [0, 0.1) is 6.92 Å². The number of carbonyl (C=O) groups is 1. The Morgan fingerprint density at radius 2 is 1.95 bits per heavy atom. The zero-order valence-corrected chi connectivity index (χ0v) is 11.9. The lowest BCUT2D eigenvalue weighted by Crippen LogP contribution is -2.27. The first kappa shape index (κ1) is 13.9. The normalized spacial score (nSPS) is 10.2. The zero-order valence-electron chi connectivity index (χ0n) is 11.9. The molecule has 2 aromatic carbocycles. The summed E-state index contributed by atoms with van der Waals surface area (Å²) in [6.45, 7) is 1.93. The van der Waals surface area contributed by atoms with Gasteiger partial charge in [0.15, 0.2) is 0 Å². The molecule has 0 spiro atoms. The van der Waals surface area contributed by atoms with Crippen molar-refractivity contribution in [3.8, 4) is 5.75 Å². The van der Waals surface area contributed by atoms with Crippen molar-refractivity contribution in [2.24, 2.45) is 0 Å². The summed E-state index contributed by atoms with van der Waals surface area (Å²) in [5.74, 6) is 0.568. The summed E-state index contributed by atoms with van der Waals surface area (Å²) in [6, 6.07) is 12.8. The molecule has 2 N–H and O–H groups in total. The molecule has 0 aromatic heterocycles. The highest BCUT2D eigenvalue weighted by Crippen LogP contribution is 2.23. The smallest absolute Gasteiger partial charge is 0.260 e. The third-order valence-electron chi connectivity index (χ3n) is 3.18. The molecule has 0 atom stereocenters. The largest absolute Gasteiger partial charge is 0.497 e. The maximum absolute atomic E-state index is 12.5. The van der Waals surface area contributed by atoms with E-state index in [1.165, 1.54) is 0 Å². The van der Waals surface area contributed by atoms with Gasteiger partial charge in [0, 0.05) is 24.5 Å². The van der Waals surface area contributed by atoms with Crippen molar-refractivity contribution in [3.63, 3.8) is 0 Å². The summed E-state index contributed by atoms with van der Waals surface area (Å²) < 4.78 is 5.17. The van der Waals surface area contributed by atoms with Crippen LogP contribution in [0.1, 0.15) is 15.9 Å². The Hall–Kier alpha value is -2.49. The molecule has 0 radical (unpaired) electrons. The van der Waals surface area contributed by atoms with Crippen LogP contribution in [0.25, 0.3) is 0 Å². The molecule has 0 saturated carbocycles. The minimum atomic E-state index is -0.139. The van der Waals surface area contributed by atoms with Crippen LogP contribution in [0.5, 0.6) is 5.75 Å². The van der Waals surface area contributed by atoms with E-state index in [1.54, 1.807) is 31.2 Å². The molecule has 1 amide bonds. The van der Waals surface area contributed by atoms with E-state index in [2.05, 4.69) is 0 Å². The highest BCUT2D eigenvalue weighted by atomic mass is 16.5. The van der Waals surface area contributed by atoms with E-state index in [9.17, 15) is 4.79 Å². The first-order valence-corrected chi connectivity index (χ1v) is 6.31. The Bertz CT molecular complexity index is 638. The second-order valence-electron chi connectivity index (χ2n) is 4.66. The first-order chi connectivity index (χ1) is 9.52. The van der Waals surface area contributed by atoms with Gasteiger partial charge in [0.1, 0.15) is 5.75 Å². The highest BCUT2D eigenvalue weighted by Gasteiger charge is 2.16. The minimum Gasteiger partial charge on any atom is -0.497 e. The SMILES string of the molecule is COc1cccc(N(C)C(=O)c2cc(C)ccc2N)c1. The van der Waals surface area contributed by atoms with Gasteiger partial charge < -0.3 is 15.4 Å². The van der Waals surface area contributed by atoms with Crippen molar-refractivity contribution in [3.05, 3.63) is 53.6 Å². The molecule has 0 aliphatic rings. The lowest BCUT2D eigenvalue weighted by Gasteiger charge is -2.19. The van der Waals surface area contributed by atoms with Crippen molar-refractivity contribution < 1.29 is 9.53 Å². The van der Waals surface area contributed by atoms with Crippen LogP contribution >= 0.6 is 0 Å². The quantitative estimate of drug-likeness (QED) is 0.872. The number of amides is 1. The van der Waals surface area contributed by atoms with Crippen LogP contribution in [0.15, 0.2) is 42.5 Å². The topological polar surface area (TPSA) is 55.6 Å². The van der Waals surface area contributed by atoms with Crippen molar-refractivity contribution >= 4 is 17.3 Å². The van der Waals surface area contributed by atoms with Crippen LogP contribution < -0.4 is 15.4 Å². The van der Waals surface area contributed by atoms with Crippen LogP contribution in [0.2, 0.25) is 0 Å². The number of methoxy groups -OCH3 is 1. The summed E-state index contributed by atoms with van der Waals surface area (Å²) in [7, 11) is 3.32. The van der Waals surface area contributed by atoms with Gasteiger partial charge in [-0.1, -0.05) is 17.7 Å². The monoisotopic (exact) mass is 270 g/mol. The molecular weight excluding hydrogens is 252 g/mol. The van der Waals surface area contributed by atoms with Gasteiger partial charge in [-0.3, -0.25) is 4.79 Å². The van der Waals surface area contributed by atoms with E-state index < -0.39 is 0 Å². The molecule has 0 saturated heterocycles. The van der Waals surface area contributed by atoms with Gasteiger partial charge in [-0.15, -0.1) is 0 Å². The van der Waals surface area contributed by atoms with Gasteiger partial charge >= 0.3 is 0 Å². The average molecular weight is 270 g/mol. The Morgan fingerprint density at radius 1 is 1.20 bits per heavy atom. The number of rotatable bonds is 3. The Balaban J connectivity index is 2.34. The van der Waals surface area contributed by atoms with E-state index in [0.29, 0.717) is 17.0 Å². The van der Waals surface area contributed by atoms with Crippen LogP contribution in [-0.2, 0) is 0 Å². The van der Waals surface area contributed by atoms with Gasteiger partial charge in [0.05, 0.1) is 12.7 Å². The highest BCUT2D eigenvalue weighted by molar-refractivity contribution is 6.09. The number of nitrogens with two attached hydrogens (primary N) is 1. The molecule has 0 aliphatic carbocycles. The van der Waals surface area contributed by atoms with Crippen molar-refractivity contribution in [1.82, 2.24) is 0 Å². The minimum absolute atomic E-state index is 0.139. The van der Waals surface area contributed by atoms with Gasteiger partial charge in [0.25, 0.3) is 5.91 Å².